The highest BCUT2D eigenvalue weighted by Crippen LogP contribution is 2.17. The molecular weight excluding hydrogens is 136 g/mol. The van der Waals surface area contributed by atoms with Gasteiger partial charge in [-0.3, -0.25) is 10.3 Å². The number of imidazole rings is 1. The molecule has 1 heterocycles. The molecule has 0 spiro atoms. The van der Waals surface area contributed by atoms with Gasteiger partial charge in [0.25, 0.3) is 0 Å². The number of aromatic nitrogens is 2. The average Bonchev–Trinajstić information content (AvgIpc) is 2.14. The second-order valence-corrected chi connectivity index (χ2v) is 1.78. The van der Waals surface area contributed by atoms with Gasteiger partial charge in [0.2, 0.25) is 12.1 Å². The highest BCUT2D eigenvalue weighted by Gasteiger charge is 2.16. The van der Waals surface area contributed by atoms with Gasteiger partial charge in [-0.05, 0) is 9.91 Å². The summed E-state index contributed by atoms with van der Waals surface area (Å²) in [6, 6.07) is 0. The first-order valence-electron chi connectivity index (χ1n) is 2.50. The van der Waals surface area contributed by atoms with E-state index in [9.17, 15) is 10.1 Å². The topological polar surface area (TPSA) is 84.8 Å². The SMILES string of the molecule is Cn1cnc([N+](=O)[O-])c1[NH]. The molecule has 0 aliphatic rings. The first-order valence-corrected chi connectivity index (χ1v) is 2.50. The lowest BCUT2D eigenvalue weighted by molar-refractivity contribution is -0.388. The molecule has 0 bridgehead atoms. The van der Waals surface area contributed by atoms with Crippen molar-refractivity contribution in [3.05, 3.63) is 16.4 Å². The van der Waals surface area contributed by atoms with E-state index in [-0.39, 0.29) is 5.82 Å². The van der Waals surface area contributed by atoms with Crippen LogP contribution in [-0.4, -0.2) is 14.5 Å². The quantitative estimate of drug-likeness (QED) is 0.414. The Labute approximate surface area is 56.4 Å². The molecule has 53 valence electrons. The molecule has 0 unspecified atom stereocenters. The molecule has 1 aromatic heterocycles. The monoisotopic (exact) mass is 141 g/mol. The van der Waals surface area contributed by atoms with Gasteiger partial charge in [0.1, 0.15) is 0 Å². The molecule has 1 radical (unpaired) electrons. The second kappa shape index (κ2) is 1.98. The molecule has 1 aromatic rings. The van der Waals surface area contributed by atoms with Crippen LogP contribution in [0.5, 0.6) is 0 Å². The van der Waals surface area contributed by atoms with Crippen molar-refractivity contribution >= 4 is 11.6 Å². The lowest BCUT2D eigenvalue weighted by atomic mass is 10.7. The maximum atomic E-state index is 10.0. The highest BCUT2D eigenvalue weighted by atomic mass is 16.6. The zero-order chi connectivity index (χ0) is 7.72. The van der Waals surface area contributed by atoms with Crippen LogP contribution < -0.4 is 5.73 Å². The number of nitrogens with one attached hydrogen (secondary N) is 1. The summed E-state index contributed by atoms with van der Waals surface area (Å²) in [5.41, 5.74) is 7.06. The largest absolute Gasteiger partial charge is 0.408 e. The predicted molar refractivity (Wildman–Crippen MR) is 32.6 cm³/mol. The van der Waals surface area contributed by atoms with Gasteiger partial charge >= 0.3 is 5.82 Å². The number of rotatable bonds is 1. The molecule has 1 N–H and O–H groups in total. The van der Waals surface area contributed by atoms with Crippen molar-refractivity contribution in [2.45, 2.75) is 0 Å². The van der Waals surface area contributed by atoms with Crippen LogP contribution in [0.3, 0.4) is 0 Å². The van der Waals surface area contributed by atoms with E-state index in [1.165, 1.54) is 17.9 Å². The predicted octanol–water partition coefficient (Wildman–Crippen LogP) is 0.243. The molecule has 0 aromatic carbocycles. The lowest BCUT2D eigenvalue weighted by Crippen LogP contribution is -1.90. The van der Waals surface area contributed by atoms with Gasteiger partial charge in [-0.25, -0.2) is 0 Å². The van der Waals surface area contributed by atoms with Crippen molar-refractivity contribution in [1.82, 2.24) is 15.3 Å². The molecule has 10 heavy (non-hydrogen) atoms. The first-order chi connectivity index (χ1) is 4.63. The molecule has 0 saturated carbocycles. The van der Waals surface area contributed by atoms with Crippen LogP contribution in [0.25, 0.3) is 0 Å². The summed E-state index contributed by atoms with van der Waals surface area (Å²) in [4.78, 5) is 12.8. The summed E-state index contributed by atoms with van der Waals surface area (Å²) in [7, 11) is 1.53. The zero-order valence-electron chi connectivity index (χ0n) is 5.24. The van der Waals surface area contributed by atoms with Crippen molar-refractivity contribution in [2.24, 2.45) is 7.05 Å². The van der Waals surface area contributed by atoms with Gasteiger partial charge in [0.15, 0.2) is 0 Å². The van der Waals surface area contributed by atoms with Gasteiger partial charge in [-0.15, -0.1) is 0 Å². The van der Waals surface area contributed by atoms with Crippen LogP contribution in [-0.2, 0) is 7.05 Å². The molecule has 6 nitrogen and oxygen atoms in total. The van der Waals surface area contributed by atoms with E-state index >= 15 is 0 Å². The summed E-state index contributed by atoms with van der Waals surface area (Å²) in [6.45, 7) is 0. The fourth-order valence-electron chi connectivity index (χ4n) is 0.552. The minimum Gasteiger partial charge on any atom is -0.358 e. The van der Waals surface area contributed by atoms with E-state index in [2.05, 4.69) is 4.98 Å². The minimum absolute atomic E-state index is 0.176. The fourth-order valence-corrected chi connectivity index (χ4v) is 0.552. The van der Waals surface area contributed by atoms with Crippen molar-refractivity contribution in [3.63, 3.8) is 0 Å². The van der Waals surface area contributed by atoms with Crippen molar-refractivity contribution < 1.29 is 4.92 Å². The Balaban J connectivity index is 3.17. The van der Waals surface area contributed by atoms with Crippen LogP contribution in [0.2, 0.25) is 0 Å². The van der Waals surface area contributed by atoms with Crippen LogP contribution in [0.1, 0.15) is 0 Å². The second-order valence-electron chi connectivity index (χ2n) is 1.78. The maximum absolute atomic E-state index is 10.0. The molecule has 1 rings (SSSR count). The zero-order valence-corrected chi connectivity index (χ0v) is 5.24. The third kappa shape index (κ3) is 0.790. The lowest BCUT2D eigenvalue weighted by Gasteiger charge is -1.89. The molecule has 0 aliphatic carbocycles. The Hall–Kier alpha value is -1.59. The Bertz CT molecular complexity index is 266. The standard InChI is InChI=1S/C4H5N4O2/c1-7-2-6-4(3(7)5)8(9)10/h2,5H,1H3. The van der Waals surface area contributed by atoms with Crippen LogP contribution in [0.15, 0.2) is 6.33 Å². The highest BCUT2D eigenvalue weighted by molar-refractivity contribution is 5.43. The molecule has 0 saturated heterocycles. The normalized spacial score (nSPS) is 9.70. The number of hydrogen-bond acceptors (Lipinski definition) is 3. The van der Waals surface area contributed by atoms with Crippen LogP contribution in [0.4, 0.5) is 11.6 Å². The molecule has 0 atom stereocenters. The number of hydrogen-bond donors (Lipinski definition) is 0. The van der Waals surface area contributed by atoms with E-state index in [4.69, 9.17) is 5.73 Å². The Kier molecular flexibility index (Phi) is 1.29. The summed E-state index contributed by atoms with van der Waals surface area (Å²) in [5, 5.41) is 10.0. The van der Waals surface area contributed by atoms with Crippen LogP contribution >= 0.6 is 0 Å². The van der Waals surface area contributed by atoms with Crippen molar-refractivity contribution in [1.29, 1.82) is 0 Å². The summed E-state index contributed by atoms with van der Waals surface area (Å²) in [6.07, 6.45) is 1.24. The van der Waals surface area contributed by atoms with E-state index < -0.39 is 10.7 Å². The molecule has 0 fully saturated rings. The summed E-state index contributed by atoms with van der Waals surface area (Å²) >= 11 is 0. The van der Waals surface area contributed by atoms with E-state index in [1.54, 1.807) is 0 Å². The summed E-state index contributed by atoms with van der Waals surface area (Å²) in [5.74, 6) is -0.576. The van der Waals surface area contributed by atoms with E-state index in [0.29, 0.717) is 0 Å². The van der Waals surface area contributed by atoms with Crippen LogP contribution in [0, 0.1) is 10.1 Å². The van der Waals surface area contributed by atoms with Gasteiger partial charge in [0, 0.05) is 7.05 Å². The van der Waals surface area contributed by atoms with E-state index in [1.807, 2.05) is 0 Å². The smallest absolute Gasteiger partial charge is 0.358 e. The van der Waals surface area contributed by atoms with Gasteiger partial charge in [0.05, 0.1) is 0 Å². The maximum Gasteiger partial charge on any atom is 0.408 e. The molecule has 0 aliphatic heterocycles. The molecule has 6 heteroatoms. The third-order valence-electron chi connectivity index (χ3n) is 1.09. The number of nitrogens with zero attached hydrogens (tertiary/aromatic N) is 3. The summed E-state index contributed by atoms with van der Waals surface area (Å²) < 4.78 is 1.28. The number of nitro groups is 1. The molecular formula is C4H5N4O2. The minimum atomic E-state index is -0.678. The molecule has 0 amide bonds. The Morgan fingerprint density at radius 1 is 1.90 bits per heavy atom. The third-order valence-corrected chi connectivity index (χ3v) is 1.09. The Morgan fingerprint density at radius 2 is 2.50 bits per heavy atom. The number of aryl methyl sites for hydroxylation is 1. The van der Waals surface area contributed by atoms with E-state index in [0.717, 1.165) is 0 Å². The van der Waals surface area contributed by atoms with Gasteiger partial charge < -0.3 is 10.1 Å². The fraction of sp³-hybridized carbons (Fsp3) is 0.250. The van der Waals surface area contributed by atoms with Crippen molar-refractivity contribution in [2.75, 3.05) is 0 Å². The van der Waals surface area contributed by atoms with Gasteiger partial charge in [-0.2, -0.15) is 0 Å². The van der Waals surface area contributed by atoms with Gasteiger partial charge in [-0.1, -0.05) is 0 Å². The van der Waals surface area contributed by atoms with Crippen molar-refractivity contribution in [3.8, 4) is 0 Å². The first kappa shape index (κ1) is 6.53. The Morgan fingerprint density at radius 3 is 2.70 bits per heavy atom. The average molecular weight is 141 g/mol.